The molecule has 4 rings (SSSR count). The van der Waals surface area contributed by atoms with Gasteiger partial charge in [-0.1, -0.05) is 36.4 Å². The number of hydrogen-bond donors (Lipinski definition) is 0. The van der Waals surface area contributed by atoms with E-state index < -0.39 is 5.97 Å². The van der Waals surface area contributed by atoms with Crippen LogP contribution in [0.3, 0.4) is 0 Å². The van der Waals surface area contributed by atoms with Crippen LogP contribution in [0.4, 0.5) is 0 Å². The number of ether oxygens (including phenoxy) is 1. The lowest BCUT2D eigenvalue weighted by molar-refractivity contribution is -0.129. The van der Waals surface area contributed by atoms with Gasteiger partial charge < -0.3 is 9.15 Å². The molecule has 0 N–H and O–H groups in total. The van der Waals surface area contributed by atoms with Crippen molar-refractivity contribution in [1.82, 2.24) is 0 Å². The number of nitrogens with zero attached hydrogens (tertiary/aromatic N) is 1. The zero-order valence-corrected chi connectivity index (χ0v) is 12.7. The molecule has 4 nitrogen and oxygen atoms in total. The third-order valence-electron chi connectivity index (χ3n) is 3.32. The molecule has 0 radical (unpaired) electrons. The molecule has 5 heteroatoms. The van der Waals surface area contributed by atoms with Crippen molar-refractivity contribution in [1.29, 1.82) is 0 Å². The average molecular weight is 321 g/mol. The van der Waals surface area contributed by atoms with Crippen LogP contribution in [0.2, 0.25) is 0 Å². The molecule has 0 atom stereocenters. The molecule has 112 valence electrons. The molecule has 0 unspecified atom stereocenters. The van der Waals surface area contributed by atoms with Gasteiger partial charge in [0.15, 0.2) is 5.70 Å². The summed E-state index contributed by atoms with van der Waals surface area (Å²) in [6.45, 7) is 0. The molecule has 0 saturated heterocycles. The third-order valence-corrected chi connectivity index (χ3v) is 4.17. The molecule has 0 spiro atoms. The van der Waals surface area contributed by atoms with Crippen LogP contribution < -0.4 is 0 Å². The summed E-state index contributed by atoms with van der Waals surface area (Å²) in [5.41, 5.74) is 1.22. The number of carbonyl (C=O) groups excluding carboxylic acids is 1. The van der Waals surface area contributed by atoms with Crippen LogP contribution in [0.25, 0.3) is 17.4 Å². The zero-order valence-electron chi connectivity index (χ0n) is 11.9. The Morgan fingerprint density at radius 1 is 1.00 bits per heavy atom. The second kappa shape index (κ2) is 5.70. The Morgan fingerprint density at radius 3 is 2.65 bits per heavy atom. The van der Waals surface area contributed by atoms with Gasteiger partial charge in [0.1, 0.15) is 11.5 Å². The number of hydrogen-bond acceptors (Lipinski definition) is 5. The minimum atomic E-state index is -0.467. The third kappa shape index (κ3) is 2.74. The summed E-state index contributed by atoms with van der Waals surface area (Å²) < 4.78 is 10.9. The Balaban J connectivity index is 1.63. The number of thiophene rings is 1. The number of rotatable bonds is 3. The fourth-order valence-corrected chi connectivity index (χ4v) is 2.89. The summed E-state index contributed by atoms with van der Waals surface area (Å²) >= 11 is 1.47. The zero-order chi connectivity index (χ0) is 15.6. The highest BCUT2D eigenvalue weighted by atomic mass is 32.1. The van der Waals surface area contributed by atoms with Crippen LogP contribution in [0.15, 0.2) is 75.1 Å². The number of carbonyl (C=O) groups is 1. The van der Waals surface area contributed by atoms with Crippen LogP contribution in [0.1, 0.15) is 10.6 Å². The van der Waals surface area contributed by atoms with E-state index in [9.17, 15) is 4.79 Å². The van der Waals surface area contributed by atoms with E-state index in [4.69, 9.17) is 9.15 Å². The van der Waals surface area contributed by atoms with Gasteiger partial charge in [0, 0.05) is 11.6 Å². The molecule has 1 aliphatic rings. The lowest BCUT2D eigenvalue weighted by atomic mass is 10.2. The van der Waals surface area contributed by atoms with Gasteiger partial charge in [0.2, 0.25) is 5.90 Å². The van der Waals surface area contributed by atoms with Gasteiger partial charge in [0.25, 0.3) is 0 Å². The van der Waals surface area contributed by atoms with Crippen LogP contribution >= 0.6 is 11.3 Å². The fourth-order valence-electron chi connectivity index (χ4n) is 2.24. The van der Waals surface area contributed by atoms with Gasteiger partial charge >= 0.3 is 5.97 Å². The second-order valence-electron chi connectivity index (χ2n) is 4.88. The first-order valence-corrected chi connectivity index (χ1v) is 7.89. The van der Waals surface area contributed by atoms with Gasteiger partial charge in [-0.2, -0.15) is 0 Å². The predicted molar refractivity (Wildman–Crippen MR) is 89.1 cm³/mol. The fraction of sp³-hybridized carbons (Fsp3) is 0. The smallest absolute Gasteiger partial charge is 0.363 e. The Morgan fingerprint density at radius 2 is 1.87 bits per heavy atom. The molecule has 0 saturated carbocycles. The van der Waals surface area contributed by atoms with E-state index in [0.29, 0.717) is 11.7 Å². The molecule has 0 fully saturated rings. The Hall–Kier alpha value is -2.92. The number of benzene rings is 1. The number of aliphatic imine (C=N–C) groups is 1. The topological polar surface area (TPSA) is 51.8 Å². The summed E-state index contributed by atoms with van der Waals surface area (Å²) in [5, 5.41) is 1.91. The van der Waals surface area contributed by atoms with Crippen LogP contribution in [0.5, 0.6) is 0 Å². The predicted octanol–water partition coefficient (Wildman–Crippen LogP) is 4.35. The normalized spacial score (nSPS) is 15.7. The van der Waals surface area contributed by atoms with E-state index in [1.54, 1.807) is 12.1 Å². The first kappa shape index (κ1) is 13.7. The van der Waals surface area contributed by atoms with Crippen LogP contribution in [-0.2, 0) is 9.53 Å². The highest BCUT2D eigenvalue weighted by Gasteiger charge is 2.25. The van der Waals surface area contributed by atoms with E-state index in [-0.39, 0.29) is 5.70 Å². The maximum Gasteiger partial charge on any atom is 0.363 e. The van der Waals surface area contributed by atoms with Crippen LogP contribution in [-0.4, -0.2) is 11.9 Å². The minimum absolute atomic E-state index is 0.238. The highest BCUT2D eigenvalue weighted by Crippen LogP contribution is 2.25. The number of esters is 1. The number of furan rings is 1. The summed E-state index contributed by atoms with van der Waals surface area (Å²) in [5.74, 6) is 1.18. The average Bonchev–Trinajstić information content (AvgIpc) is 3.31. The lowest BCUT2D eigenvalue weighted by Crippen LogP contribution is -2.03. The summed E-state index contributed by atoms with van der Waals surface area (Å²) in [6.07, 6.45) is 1.59. The molecular formula is C18H11NO3S. The maximum absolute atomic E-state index is 11.9. The quantitative estimate of drug-likeness (QED) is 0.532. The molecule has 1 aliphatic heterocycles. The molecule has 23 heavy (non-hydrogen) atoms. The van der Waals surface area contributed by atoms with Crippen molar-refractivity contribution in [2.24, 2.45) is 4.99 Å². The summed E-state index contributed by atoms with van der Waals surface area (Å²) in [4.78, 5) is 17.0. The van der Waals surface area contributed by atoms with E-state index in [1.165, 1.54) is 11.3 Å². The maximum atomic E-state index is 11.9. The minimum Gasteiger partial charge on any atom is -0.457 e. The van der Waals surface area contributed by atoms with Crippen molar-refractivity contribution in [3.05, 3.63) is 76.3 Å². The van der Waals surface area contributed by atoms with Gasteiger partial charge in [-0.15, -0.1) is 11.3 Å². The Labute approximate surface area is 136 Å². The Bertz CT molecular complexity index is 905. The van der Waals surface area contributed by atoms with Crippen molar-refractivity contribution in [2.75, 3.05) is 0 Å². The van der Waals surface area contributed by atoms with E-state index >= 15 is 0 Å². The highest BCUT2D eigenvalue weighted by molar-refractivity contribution is 7.12. The van der Waals surface area contributed by atoms with E-state index in [0.717, 1.165) is 16.2 Å². The van der Waals surface area contributed by atoms with Crippen molar-refractivity contribution in [3.8, 4) is 11.3 Å². The second-order valence-corrected chi connectivity index (χ2v) is 5.83. The molecule has 2 aromatic heterocycles. The first-order chi connectivity index (χ1) is 11.3. The molecule has 0 aliphatic carbocycles. The summed E-state index contributed by atoms with van der Waals surface area (Å²) in [7, 11) is 0. The van der Waals surface area contributed by atoms with Gasteiger partial charge in [0.05, 0.1) is 4.88 Å². The molecule has 3 heterocycles. The largest absolute Gasteiger partial charge is 0.457 e. The monoisotopic (exact) mass is 321 g/mol. The molecular weight excluding hydrogens is 310 g/mol. The SMILES string of the molecule is O=C1OC(c2cccs2)=N/C1=C/c1ccc(-c2ccccc2)o1. The first-order valence-electron chi connectivity index (χ1n) is 7.01. The number of cyclic esters (lactones) is 1. The molecule has 0 amide bonds. The lowest BCUT2D eigenvalue weighted by Gasteiger charge is -1.94. The van der Waals surface area contributed by atoms with Crippen LogP contribution in [0, 0.1) is 0 Å². The van der Waals surface area contributed by atoms with E-state index in [1.807, 2.05) is 53.9 Å². The standard InChI is InChI=1S/C18H11NO3S/c20-18-14(19-17(22-18)16-7-4-10-23-16)11-13-8-9-15(21-13)12-5-2-1-3-6-12/h1-11H/b14-11+. The van der Waals surface area contributed by atoms with Gasteiger partial charge in [-0.25, -0.2) is 9.79 Å². The van der Waals surface area contributed by atoms with E-state index in [2.05, 4.69) is 4.99 Å². The van der Waals surface area contributed by atoms with Crippen molar-refractivity contribution in [2.45, 2.75) is 0 Å². The molecule has 1 aromatic carbocycles. The molecule has 3 aromatic rings. The van der Waals surface area contributed by atoms with Crippen molar-refractivity contribution < 1.29 is 13.9 Å². The molecule has 0 bridgehead atoms. The van der Waals surface area contributed by atoms with Gasteiger partial charge in [-0.05, 0) is 23.6 Å². The van der Waals surface area contributed by atoms with Gasteiger partial charge in [-0.3, -0.25) is 0 Å². The van der Waals surface area contributed by atoms with Crippen molar-refractivity contribution >= 4 is 29.3 Å². The Kier molecular flexibility index (Phi) is 3.40. The summed E-state index contributed by atoms with van der Waals surface area (Å²) in [6, 6.07) is 17.2. The van der Waals surface area contributed by atoms with Crippen molar-refractivity contribution in [3.63, 3.8) is 0 Å².